The number of nitrogens with zero attached hydrogens (tertiary/aromatic N) is 1. The maximum Gasteiger partial charge on any atom is 0.319 e. The van der Waals surface area contributed by atoms with Gasteiger partial charge in [0.2, 0.25) is 0 Å². The SMILES string of the molecule is O=S1(=O)C=CN=C1Oc1ccccc1. The number of sulfone groups is 1. The van der Waals surface area contributed by atoms with Crippen molar-refractivity contribution in [3.05, 3.63) is 41.9 Å². The molecule has 0 N–H and O–H groups in total. The fourth-order valence-corrected chi connectivity index (χ4v) is 1.73. The van der Waals surface area contributed by atoms with Gasteiger partial charge in [-0.2, -0.15) is 0 Å². The second-order valence-corrected chi connectivity index (χ2v) is 4.35. The van der Waals surface area contributed by atoms with E-state index in [4.69, 9.17) is 4.74 Å². The van der Waals surface area contributed by atoms with Crippen molar-refractivity contribution in [2.75, 3.05) is 0 Å². The van der Waals surface area contributed by atoms with E-state index in [0.717, 1.165) is 5.41 Å². The van der Waals surface area contributed by atoms with Crippen molar-refractivity contribution < 1.29 is 13.2 Å². The zero-order valence-corrected chi connectivity index (χ0v) is 7.94. The minimum absolute atomic E-state index is 0.274. The lowest BCUT2D eigenvalue weighted by molar-refractivity contribution is 0.550. The van der Waals surface area contributed by atoms with Crippen LogP contribution in [0.3, 0.4) is 0 Å². The molecule has 0 atom stereocenters. The number of benzene rings is 1. The zero-order chi connectivity index (χ0) is 10.0. The molecule has 72 valence electrons. The van der Waals surface area contributed by atoms with Gasteiger partial charge in [0.15, 0.2) is 0 Å². The molecule has 0 bridgehead atoms. The van der Waals surface area contributed by atoms with E-state index in [1.54, 1.807) is 24.3 Å². The molecule has 1 aromatic carbocycles. The number of ether oxygens (including phenoxy) is 1. The van der Waals surface area contributed by atoms with Crippen molar-refractivity contribution in [1.29, 1.82) is 0 Å². The molecule has 0 aliphatic carbocycles. The van der Waals surface area contributed by atoms with Gasteiger partial charge in [0, 0.05) is 6.20 Å². The quantitative estimate of drug-likeness (QED) is 0.701. The maximum absolute atomic E-state index is 11.2. The van der Waals surface area contributed by atoms with Gasteiger partial charge < -0.3 is 4.74 Å². The Balaban J connectivity index is 2.23. The average molecular weight is 209 g/mol. The lowest BCUT2D eigenvalue weighted by atomic mass is 10.3. The highest BCUT2D eigenvalue weighted by Crippen LogP contribution is 2.14. The number of hydrogen-bond donors (Lipinski definition) is 0. The topological polar surface area (TPSA) is 55.7 Å². The predicted molar refractivity (Wildman–Crippen MR) is 52.6 cm³/mol. The minimum Gasteiger partial charge on any atom is -0.430 e. The van der Waals surface area contributed by atoms with Gasteiger partial charge >= 0.3 is 5.23 Å². The monoisotopic (exact) mass is 209 g/mol. The van der Waals surface area contributed by atoms with Crippen molar-refractivity contribution in [3.63, 3.8) is 0 Å². The van der Waals surface area contributed by atoms with Gasteiger partial charge in [-0.15, -0.1) is 0 Å². The summed E-state index contributed by atoms with van der Waals surface area (Å²) in [4.78, 5) is 3.61. The number of aliphatic imine (C=N–C) groups is 1. The van der Waals surface area contributed by atoms with E-state index in [9.17, 15) is 8.42 Å². The van der Waals surface area contributed by atoms with Crippen molar-refractivity contribution in [2.45, 2.75) is 0 Å². The first-order chi connectivity index (χ1) is 6.68. The van der Waals surface area contributed by atoms with Crippen LogP contribution in [0.1, 0.15) is 0 Å². The molecule has 4 nitrogen and oxygen atoms in total. The lowest BCUT2D eigenvalue weighted by Crippen LogP contribution is -2.15. The van der Waals surface area contributed by atoms with E-state index in [0.29, 0.717) is 5.75 Å². The van der Waals surface area contributed by atoms with E-state index in [1.807, 2.05) is 6.07 Å². The molecule has 0 unspecified atom stereocenters. The Morgan fingerprint density at radius 1 is 1.14 bits per heavy atom. The summed E-state index contributed by atoms with van der Waals surface area (Å²) in [5, 5.41) is 0.731. The third-order valence-corrected chi connectivity index (χ3v) is 2.77. The first kappa shape index (κ1) is 8.96. The fourth-order valence-electron chi connectivity index (χ4n) is 0.977. The number of hydrogen-bond acceptors (Lipinski definition) is 4. The summed E-state index contributed by atoms with van der Waals surface area (Å²) in [7, 11) is -3.44. The molecule has 14 heavy (non-hydrogen) atoms. The summed E-state index contributed by atoms with van der Waals surface area (Å²) in [5.41, 5.74) is 0. The maximum atomic E-state index is 11.2. The molecule has 0 radical (unpaired) electrons. The van der Waals surface area contributed by atoms with Crippen molar-refractivity contribution in [1.82, 2.24) is 0 Å². The number of rotatable bonds is 1. The Hall–Kier alpha value is -1.62. The molecule has 2 rings (SSSR count). The summed E-state index contributed by atoms with van der Waals surface area (Å²) in [6.07, 6.45) is 1.20. The molecule has 0 saturated carbocycles. The Bertz CT molecular complexity index is 488. The largest absolute Gasteiger partial charge is 0.430 e. The van der Waals surface area contributed by atoms with E-state index >= 15 is 0 Å². The number of para-hydroxylation sites is 1. The zero-order valence-electron chi connectivity index (χ0n) is 7.12. The minimum atomic E-state index is -3.44. The third-order valence-electron chi connectivity index (χ3n) is 1.61. The van der Waals surface area contributed by atoms with Crippen molar-refractivity contribution >= 4 is 15.1 Å². The highest BCUT2D eigenvalue weighted by atomic mass is 32.2. The second-order valence-electron chi connectivity index (χ2n) is 2.64. The van der Waals surface area contributed by atoms with E-state index < -0.39 is 9.84 Å². The summed E-state index contributed by atoms with van der Waals surface area (Å²) < 4.78 is 27.5. The van der Waals surface area contributed by atoms with E-state index in [2.05, 4.69) is 4.99 Å². The Kier molecular flexibility index (Phi) is 2.09. The van der Waals surface area contributed by atoms with Gasteiger partial charge in [0.25, 0.3) is 9.84 Å². The second kappa shape index (κ2) is 3.26. The third kappa shape index (κ3) is 1.67. The van der Waals surface area contributed by atoms with Gasteiger partial charge in [-0.3, -0.25) is 0 Å². The molecule has 1 heterocycles. The summed E-state index contributed by atoms with van der Waals surface area (Å²) in [5.74, 6) is 0.457. The standard InChI is InChI=1S/C9H7NO3S/c11-14(12)7-6-10-9(14)13-8-4-2-1-3-5-8/h1-7H. The van der Waals surface area contributed by atoms with Crippen molar-refractivity contribution in [3.8, 4) is 5.75 Å². The van der Waals surface area contributed by atoms with Crippen molar-refractivity contribution in [2.24, 2.45) is 4.99 Å². The van der Waals surface area contributed by atoms with Crippen LogP contribution in [0.2, 0.25) is 0 Å². The highest BCUT2D eigenvalue weighted by molar-refractivity contribution is 8.08. The molecule has 0 aromatic heterocycles. The summed E-state index contributed by atoms with van der Waals surface area (Å²) in [6.45, 7) is 0. The van der Waals surface area contributed by atoms with Crippen LogP contribution in [-0.4, -0.2) is 13.6 Å². The predicted octanol–water partition coefficient (Wildman–Crippen LogP) is 1.32. The molecule has 0 fully saturated rings. The first-order valence-corrected chi connectivity index (χ1v) is 5.45. The Morgan fingerprint density at radius 2 is 1.86 bits per heavy atom. The van der Waals surface area contributed by atoms with Gasteiger partial charge in [0.1, 0.15) is 5.75 Å². The van der Waals surface area contributed by atoms with Crippen LogP contribution >= 0.6 is 0 Å². The lowest BCUT2D eigenvalue weighted by Gasteiger charge is -2.02. The smallest absolute Gasteiger partial charge is 0.319 e. The van der Waals surface area contributed by atoms with Crippen LogP contribution in [0.5, 0.6) is 5.75 Å². The van der Waals surface area contributed by atoms with Crippen LogP contribution in [0.4, 0.5) is 0 Å². The van der Waals surface area contributed by atoms with Crippen LogP contribution < -0.4 is 4.74 Å². The van der Waals surface area contributed by atoms with E-state index in [-0.39, 0.29) is 5.23 Å². The van der Waals surface area contributed by atoms with Crippen LogP contribution in [0, 0.1) is 0 Å². The molecule has 5 heteroatoms. The average Bonchev–Trinajstić information content (AvgIpc) is 2.48. The van der Waals surface area contributed by atoms with Gasteiger partial charge in [-0.05, 0) is 12.1 Å². The Morgan fingerprint density at radius 3 is 2.43 bits per heavy atom. The summed E-state index contributed by atoms with van der Waals surface area (Å²) in [6, 6.07) is 8.65. The highest BCUT2D eigenvalue weighted by Gasteiger charge is 2.22. The molecule has 0 spiro atoms. The van der Waals surface area contributed by atoms with Gasteiger partial charge in [0.05, 0.1) is 5.41 Å². The molecule has 0 saturated heterocycles. The molecular weight excluding hydrogens is 202 g/mol. The van der Waals surface area contributed by atoms with Crippen LogP contribution in [0.15, 0.2) is 46.9 Å². The molecule has 1 aliphatic heterocycles. The fraction of sp³-hybridized carbons (Fsp3) is 0. The van der Waals surface area contributed by atoms with E-state index in [1.165, 1.54) is 6.20 Å². The normalized spacial score (nSPS) is 17.9. The van der Waals surface area contributed by atoms with Crippen LogP contribution in [0.25, 0.3) is 0 Å². The van der Waals surface area contributed by atoms with Gasteiger partial charge in [-0.25, -0.2) is 13.4 Å². The summed E-state index contributed by atoms with van der Waals surface area (Å²) >= 11 is 0. The Labute approximate surface area is 81.5 Å². The molecule has 0 amide bonds. The first-order valence-electron chi connectivity index (χ1n) is 3.91. The van der Waals surface area contributed by atoms with Crippen LogP contribution in [-0.2, 0) is 9.84 Å². The van der Waals surface area contributed by atoms with Gasteiger partial charge in [-0.1, -0.05) is 18.2 Å². The molecular formula is C9H7NO3S. The molecule has 1 aromatic rings. The molecule has 1 aliphatic rings.